The summed E-state index contributed by atoms with van der Waals surface area (Å²) in [7, 11) is -1.84. The van der Waals surface area contributed by atoms with E-state index in [4.69, 9.17) is 4.74 Å². The number of fused-ring (bicyclic) bond motifs is 2. The minimum atomic E-state index is -3.52. The third-order valence-electron chi connectivity index (χ3n) is 7.05. The van der Waals surface area contributed by atoms with Gasteiger partial charge in [-0.2, -0.15) is 0 Å². The number of aliphatic hydroxyl groups is 1. The van der Waals surface area contributed by atoms with Crippen LogP contribution in [0.2, 0.25) is 0 Å². The molecule has 0 spiro atoms. The fourth-order valence-corrected chi connectivity index (χ4v) is 5.38. The number of nitrogens with zero attached hydrogens (tertiary/aromatic N) is 2. The molecule has 3 N–H and O–H groups in total. The number of carbonyl (C=O) groups excluding carboxylic acids is 2. The summed E-state index contributed by atoms with van der Waals surface area (Å²) in [5, 5.41) is 14.8. The van der Waals surface area contributed by atoms with Gasteiger partial charge in [0.2, 0.25) is 15.9 Å². The Labute approximate surface area is 235 Å². The number of hydrogen-bond donors (Lipinski definition) is 3. The minimum absolute atomic E-state index is 0.0319. The monoisotopic (exact) mass is 568 g/mol. The van der Waals surface area contributed by atoms with Crippen LogP contribution in [0.5, 0.6) is 5.75 Å². The maximum absolute atomic E-state index is 13.3. The van der Waals surface area contributed by atoms with Crippen molar-refractivity contribution in [2.45, 2.75) is 32.4 Å². The lowest BCUT2D eigenvalue weighted by Gasteiger charge is -2.34. The third-order valence-corrected chi connectivity index (χ3v) is 7.66. The van der Waals surface area contributed by atoms with E-state index in [1.807, 2.05) is 49.4 Å². The molecule has 3 amide bonds. The maximum Gasteiger partial charge on any atom is 0.321 e. The SMILES string of the molecule is C[C@H](CO)N1C[C@H](C)[C@@H](CN(C)C(=O)Nc2cccc3ccccc23)Oc2ccc(NS(C)(=O)=O)cc2CC1=O. The number of likely N-dealkylation sites (N-methyl/N-ethyl adjacent to an activating group) is 1. The second kappa shape index (κ2) is 12.1. The summed E-state index contributed by atoms with van der Waals surface area (Å²) in [5.74, 6) is 0.0219. The third kappa shape index (κ3) is 7.02. The number of sulfonamides is 1. The van der Waals surface area contributed by atoms with Crippen molar-refractivity contribution in [3.05, 3.63) is 66.2 Å². The molecule has 1 aliphatic heterocycles. The van der Waals surface area contributed by atoms with Gasteiger partial charge in [-0.3, -0.25) is 9.52 Å². The Bertz CT molecular complexity index is 1490. The molecule has 0 unspecified atom stereocenters. The minimum Gasteiger partial charge on any atom is -0.488 e. The van der Waals surface area contributed by atoms with Crippen molar-refractivity contribution in [1.29, 1.82) is 0 Å². The highest BCUT2D eigenvalue weighted by Crippen LogP contribution is 2.30. The molecule has 4 rings (SSSR count). The van der Waals surface area contributed by atoms with Crippen LogP contribution < -0.4 is 14.8 Å². The van der Waals surface area contributed by atoms with E-state index < -0.39 is 22.2 Å². The average molecular weight is 569 g/mol. The van der Waals surface area contributed by atoms with Gasteiger partial charge in [-0.05, 0) is 36.6 Å². The van der Waals surface area contributed by atoms with Crippen molar-refractivity contribution < 1.29 is 27.9 Å². The Morgan fingerprint density at radius 2 is 1.90 bits per heavy atom. The summed E-state index contributed by atoms with van der Waals surface area (Å²) in [6, 6.07) is 17.6. The quantitative estimate of drug-likeness (QED) is 0.400. The second-order valence-corrected chi connectivity index (χ2v) is 12.2. The lowest BCUT2D eigenvalue weighted by molar-refractivity contribution is -0.134. The van der Waals surface area contributed by atoms with Gasteiger partial charge < -0.3 is 25.0 Å². The van der Waals surface area contributed by atoms with Gasteiger partial charge in [0, 0.05) is 36.1 Å². The molecule has 3 aromatic rings. The topological polar surface area (TPSA) is 128 Å². The van der Waals surface area contributed by atoms with E-state index in [0.717, 1.165) is 17.0 Å². The van der Waals surface area contributed by atoms with E-state index in [0.29, 0.717) is 29.2 Å². The standard InChI is InChI=1S/C29H36N4O6S/c1-19-16-33(20(2)18-34)28(35)15-22-14-23(31-40(4,37)38)12-13-26(22)39-27(19)17-32(3)29(36)30-25-11-7-9-21-8-5-6-10-24(21)25/h5-14,19-20,27,31,34H,15-18H2,1-4H3,(H,30,36)/t19-,20+,27+/m0/s1. The number of anilines is 2. The predicted molar refractivity (Wildman–Crippen MR) is 156 cm³/mol. The van der Waals surface area contributed by atoms with Gasteiger partial charge in [0.05, 0.1) is 37.6 Å². The first-order valence-electron chi connectivity index (χ1n) is 13.1. The fourth-order valence-electron chi connectivity index (χ4n) is 4.82. The molecule has 0 bridgehead atoms. The summed E-state index contributed by atoms with van der Waals surface area (Å²) >= 11 is 0. The first-order chi connectivity index (χ1) is 18.9. The zero-order valence-corrected chi connectivity index (χ0v) is 23.9. The molecule has 3 aromatic carbocycles. The highest BCUT2D eigenvalue weighted by Gasteiger charge is 2.32. The van der Waals surface area contributed by atoms with E-state index in [1.165, 1.54) is 0 Å². The first-order valence-corrected chi connectivity index (χ1v) is 15.0. The number of benzene rings is 3. The van der Waals surface area contributed by atoms with Crippen molar-refractivity contribution in [1.82, 2.24) is 9.80 Å². The first kappa shape index (κ1) is 29.2. The lowest BCUT2D eigenvalue weighted by atomic mass is 10.0. The maximum atomic E-state index is 13.3. The average Bonchev–Trinajstić information content (AvgIpc) is 2.95. The lowest BCUT2D eigenvalue weighted by Crippen LogP contribution is -2.48. The van der Waals surface area contributed by atoms with Crippen LogP contribution >= 0.6 is 0 Å². The zero-order valence-electron chi connectivity index (χ0n) is 23.1. The summed E-state index contributed by atoms with van der Waals surface area (Å²) < 4.78 is 32.4. The van der Waals surface area contributed by atoms with Crippen LogP contribution in [0.1, 0.15) is 19.4 Å². The summed E-state index contributed by atoms with van der Waals surface area (Å²) in [6.45, 7) is 4.03. The molecule has 0 radical (unpaired) electrons. The summed E-state index contributed by atoms with van der Waals surface area (Å²) in [6.07, 6.45) is 0.517. The Balaban J connectivity index is 1.61. The number of ether oxygens (including phenoxy) is 1. The zero-order chi connectivity index (χ0) is 29.0. The molecule has 0 saturated heterocycles. The molecular formula is C29H36N4O6S. The van der Waals surface area contributed by atoms with Gasteiger partial charge in [0.1, 0.15) is 11.9 Å². The van der Waals surface area contributed by atoms with Gasteiger partial charge in [-0.25, -0.2) is 13.2 Å². The highest BCUT2D eigenvalue weighted by molar-refractivity contribution is 7.92. The van der Waals surface area contributed by atoms with Crippen LogP contribution in [0, 0.1) is 5.92 Å². The number of rotatable bonds is 7. The molecule has 40 heavy (non-hydrogen) atoms. The number of amides is 3. The Morgan fingerprint density at radius 3 is 2.62 bits per heavy atom. The number of nitrogens with one attached hydrogen (secondary N) is 2. The van der Waals surface area contributed by atoms with Crippen LogP contribution in [-0.2, 0) is 21.2 Å². The molecule has 0 aromatic heterocycles. The van der Waals surface area contributed by atoms with Crippen LogP contribution in [0.3, 0.4) is 0 Å². The van der Waals surface area contributed by atoms with E-state index in [1.54, 1.807) is 42.0 Å². The number of hydrogen-bond acceptors (Lipinski definition) is 6. The van der Waals surface area contributed by atoms with E-state index in [9.17, 15) is 23.1 Å². The fraction of sp³-hybridized carbons (Fsp3) is 0.379. The van der Waals surface area contributed by atoms with Gasteiger partial charge >= 0.3 is 6.03 Å². The second-order valence-electron chi connectivity index (χ2n) is 10.4. The van der Waals surface area contributed by atoms with Crippen molar-refractivity contribution in [2.75, 3.05) is 43.0 Å². The largest absolute Gasteiger partial charge is 0.488 e. The van der Waals surface area contributed by atoms with Crippen molar-refractivity contribution >= 4 is 44.1 Å². The molecule has 0 aliphatic carbocycles. The van der Waals surface area contributed by atoms with Crippen molar-refractivity contribution in [3.8, 4) is 5.75 Å². The van der Waals surface area contributed by atoms with E-state index in [2.05, 4.69) is 10.0 Å². The molecule has 214 valence electrons. The number of aliphatic hydroxyl groups excluding tert-OH is 1. The van der Waals surface area contributed by atoms with Gasteiger partial charge in [0.15, 0.2) is 0 Å². The molecular weight excluding hydrogens is 532 g/mol. The molecule has 0 saturated carbocycles. The Hall–Kier alpha value is -3.83. The van der Waals surface area contributed by atoms with Gasteiger partial charge in [0.25, 0.3) is 0 Å². The Kier molecular flexibility index (Phi) is 8.85. The van der Waals surface area contributed by atoms with E-state index >= 15 is 0 Å². The highest BCUT2D eigenvalue weighted by atomic mass is 32.2. The predicted octanol–water partition coefficient (Wildman–Crippen LogP) is 3.52. The van der Waals surface area contributed by atoms with Crippen molar-refractivity contribution in [3.63, 3.8) is 0 Å². The summed E-state index contributed by atoms with van der Waals surface area (Å²) in [4.78, 5) is 29.7. The van der Waals surface area contributed by atoms with Gasteiger partial charge in [-0.15, -0.1) is 0 Å². The molecule has 0 fully saturated rings. The van der Waals surface area contributed by atoms with Gasteiger partial charge in [-0.1, -0.05) is 43.3 Å². The molecule has 11 heteroatoms. The van der Waals surface area contributed by atoms with Crippen LogP contribution in [0.15, 0.2) is 60.7 Å². The van der Waals surface area contributed by atoms with Crippen LogP contribution in [0.4, 0.5) is 16.2 Å². The van der Waals surface area contributed by atoms with Crippen molar-refractivity contribution in [2.24, 2.45) is 5.92 Å². The van der Waals surface area contributed by atoms with E-state index in [-0.39, 0.29) is 37.4 Å². The number of urea groups is 1. The molecule has 1 aliphatic rings. The number of carbonyl (C=O) groups is 2. The molecule has 1 heterocycles. The summed E-state index contributed by atoms with van der Waals surface area (Å²) in [5.41, 5.74) is 1.52. The van der Waals surface area contributed by atoms with Crippen LogP contribution in [0.25, 0.3) is 10.8 Å². The van der Waals surface area contributed by atoms with Crippen LogP contribution in [-0.4, -0.2) is 80.4 Å². The molecule has 10 nitrogen and oxygen atoms in total. The Morgan fingerprint density at radius 1 is 1.18 bits per heavy atom. The normalized spacial score (nSPS) is 18.5. The smallest absolute Gasteiger partial charge is 0.321 e. The molecule has 3 atom stereocenters.